The first kappa shape index (κ1) is 13.9. The summed E-state index contributed by atoms with van der Waals surface area (Å²) in [6.07, 6.45) is 3.66. The molecule has 0 bridgehead atoms. The first-order valence-corrected chi connectivity index (χ1v) is 6.67. The van der Waals surface area contributed by atoms with Gasteiger partial charge in [0.05, 0.1) is 20.6 Å². The van der Waals surface area contributed by atoms with Crippen molar-refractivity contribution in [2.24, 2.45) is 0 Å². The van der Waals surface area contributed by atoms with E-state index in [1.54, 1.807) is 7.11 Å². The molecule has 1 aromatic rings. The molecule has 2 rings (SSSR count). The van der Waals surface area contributed by atoms with Crippen molar-refractivity contribution in [3.05, 3.63) is 29.8 Å². The molecule has 1 aliphatic rings. The van der Waals surface area contributed by atoms with Gasteiger partial charge in [-0.25, -0.2) is 0 Å². The van der Waals surface area contributed by atoms with Gasteiger partial charge in [-0.05, 0) is 37.0 Å². The lowest BCUT2D eigenvalue weighted by molar-refractivity contribution is -0.141. The molecule has 0 aromatic heterocycles. The van der Waals surface area contributed by atoms with Crippen LogP contribution in [0.25, 0.3) is 0 Å². The molecule has 0 aliphatic heterocycles. The molecule has 0 amide bonds. The first-order valence-electron chi connectivity index (χ1n) is 6.67. The number of carbonyl (C=O) groups excluding carboxylic acids is 1. The molecule has 1 unspecified atom stereocenters. The summed E-state index contributed by atoms with van der Waals surface area (Å²) >= 11 is 0. The lowest BCUT2D eigenvalue weighted by Crippen LogP contribution is -2.35. The maximum Gasteiger partial charge on any atom is 0.307 e. The Morgan fingerprint density at radius 2 is 2.00 bits per heavy atom. The second kappa shape index (κ2) is 6.57. The number of methoxy groups -OCH3 is 2. The molecule has 0 spiro atoms. The third-order valence-corrected chi connectivity index (χ3v) is 3.33. The monoisotopic (exact) mass is 263 g/mol. The lowest BCUT2D eigenvalue weighted by atomic mass is 10.0. The van der Waals surface area contributed by atoms with Crippen LogP contribution in [0.1, 0.15) is 24.8 Å². The van der Waals surface area contributed by atoms with Crippen LogP contribution in [0.4, 0.5) is 0 Å². The molecule has 4 nitrogen and oxygen atoms in total. The summed E-state index contributed by atoms with van der Waals surface area (Å²) in [7, 11) is 3.09. The molecular formula is C15H21NO3. The highest BCUT2D eigenvalue weighted by molar-refractivity contribution is 5.70. The summed E-state index contributed by atoms with van der Waals surface area (Å²) in [5.41, 5.74) is 1.20. The first-order chi connectivity index (χ1) is 9.21. The molecule has 4 heteroatoms. The Bertz CT molecular complexity index is 412. The molecule has 19 heavy (non-hydrogen) atoms. The number of ether oxygens (including phenoxy) is 2. The Kier molecular flexibility index (Phi) is 4.80. The molecule has 1 atom stereocenters. The van der Waals surface area contributed by atoms with Crippen LogP contribution in [0.2, 0.25) is 0 Å². The standard InChI is InChI=1S/C15H21NO3/c1-18-14-7-3-11(4-8-14)9-13(10-15(17)19-2)16-12-5-6-12/h3-4,7-8,12-13,16H,5-6,9-10H2,1-2H3. The van der Waals surface area contributed by atoms with Gasteiger partial charge in [0.15, 0.2) is 0 Å². The van der Waals surface area contributed by atoms with E-state index < -0.39 is 0 Å². The van der Waals surface area contributed by atoms with Gasteiger partial charge in [0.25, 0.3) is 0 Å². The fourth-order valence-corrected chi connectivity index (χ4v) is 2.10. The van der Waals surface area contributed by atoms with Gasteiger partial charge in [-0.3, -0.25) is 4.79 Å². The van der Waals surface area contributed by atoms with E-state index >= 15 is 0 Å². The van der Waals surface area contributed by atoms with Gasteiger partial charge in [-0.2, -0.15) is 0 Å². The average molecular weight is 263 g/mol. The van der Waals surface area contributed by atoms with E-state index in [1.807, 2.05) is 24.3 Å². The Hall–Kier alpha value is -1.55. The fourth-order valence-electron chi connectivity index (χ4n) is 2.10. The zero-order chi connectivity index (χ0) is 13.7. The van der Waals surface area contributed by atoms with Crippen molar-refractivity contribution in [3.8, 4) is 5.75 Å². The van der Waals surface area contributed by atoms with Crippen molar-refractivity contribution in [1.82, 2.24) is 5.32 Å². The van der Waals surface area contributed by atoms with Gasteiger partial charge < -0.3 is 14.8 Å². The van der Waals surface area contributed by atoms with Crippen molar-refractivity contribution >= 4 is 5.97 Å². The van der Waals surface area contributed by atoms with Gasteiger partial charge in [0.1, 0.15) is 5.75 Å². The summed E-state index contributed by atoms with van der Waals surface area (Å²) in [4.78, 5) is 11.4. The molecule has 1 fully saturated rings. The van der Waals surface area contributed by atoms with Crippen LogP contribution in [0, 0.1) is 0 Å². The van der Waals surface area contributed by atoms with E-state index in [4.69, 9.17) is 9.47 Å². The van der Waals surface area contributed by atoms with Crippen LogP contribution in [-0.4, -0.2) is 32.3 Å². The number of esters is 1. The van der Waals surface area contributed by atoms with Crippen LogP contribution in [-0.2, 0) is 16.0 Å². The van der Waals surface area contributed by atoms with Gasteiger partial charge in [-0.1, -0.05) is 12.1 Å². The smallest absolute Gasteiger partial charge is 0.307 e. The third kappa shape index (κ3) is 4.56. The topological polar surface area (TPSA) is 47.6 Å². The Balaban J connectivity index is 1.94. The van der Waals surface area contributed by atoms with Gasteiger partial charge >= 0.3 is 5.97 Å². The Morgan fingerprint density at radius 3 is 2.53 bits per heavy atom. The largest absolute Gasteiger partial charge is 0.497 e. The van der Waals surface area contributed by atoms with Crippen LogP contribution in [0.5, 0.6) is 5.75 Å². The number of nitrogens with one attached hydrogen (secondary N) is 1. The Morgan fingerprint density at radius 1 is 1.32 bits per heavy atom. The highest BCUT2D eigenvalue weighted by Crippen LogP contribution is 2.21. The lowest BCUT2D eigenvalue weighted by Gasteiger charge is -2.17. The highest BCUT2D eigenvalue weighted by Gasteiger charge is 2.26. The second-order valence-electron chi connectivity index (χ2n) is 4.97. The summed E-state index contributed by atoms with van der Waals surface area (Å²) in [5, 5.41) is 3.50. The predicted molar refractivity (Wildman–Crippen MR) is 73.3 cm³/mol. The molecule has 1 N–H and O–H groups in total. The van der Waals surface area contributed by atoms with Crippen LogP contribution < -0.4 is 10.1 Å². The van der Waals surface area contributed by atoms with Crippen LogP contribution in [0.3, 0.4) is 0 Å². The summed E-state index contributed by atoms with van der Waals surface area (Å²) < 4.78 is 9.90. The molecular weight excluding hydrogens is 242 g/mol. The van der Waals surface area contributed by atoms with Crippen LogP contribution in [0.15, 0.2) is 24.3 Å². The van der Waals surface area contributed by atoms with E-state index in [1.165, 1.54) is 25.5 Å². The van der Waals surface area contributed by atoms with Gasteiger partial charge in [0, 0.05) is 12.1 Å². The number of carbonyl (C=O) groups is 1. The van der Waals surface area contributed by atoms with Crippen molar-refractivity contribution < 1.29 is 14.3 Å². The number of rotatable bonds is 7. The predicted octanol–water partition coefficient (Wildman–Crippen LogP) is 1.92. The summed E-state index contributed by atoms with van der Waals surface area (Å²) in [6.45, 7) is 0. The normalized spacial score (nSPS) is 15.9. The summed E-state index contributed by atoms with van der Waals surface area (Å²) in [6, 6.07) is 8.69. The molecule has 0 heterocycles. The number of benzene rings is 1. The van der Waals surface area contributed by atoms with E-state index in [9.17, 15) is 4.79 Å². The third-order valence-electron chi connectivity index (χ3n) is 3.33. The highest BCUT2D eigenvalue weighted by atomic mass is 16.5. The van der Waals surface area contributed by atoms with Crippen molar-refractivity contribution in [3.63, 3.8) is 0 Å². The minimum atomic E-state index is -0.160. The zero-order valence-corrected chi connectivity index (χ0v) is 11.5. The Labute approximate surface area is 114 Å². The maximum atomic E-state index is 11.4. The van der Waals surface area contributed by atoms with Crippen molar-refractivity contribution in [2.75, 3.05) is 14.2 Å². The van der Waals surface area contributed by atoms with E-state index in [-0.39, 0.29) is 12.0 Å². The van der Waals surface area contributed by atoms with Crippen LogP contribution >= 0.6 is 0 Å². The van der Waals surface area contributed by atoms with E-state index in [2.05, 4.69) is 5.32 Å². The van der Waals surface area contributed by atoms with Crippen molar-refractivity contribution in [2.45, 2.75) is 37.8 Å². The molecule has 1 saturated carbocycles. The van der Waals surface area contributed by atoms with E-state index in [0.29, 0.717) is 12.5 Å². The van der Waals surface area contributed by atoms with Crippen molar-refractivity contribution in [1.29, 1.82) is 0 Å². The van der Waals surface area contributed by atoms with E-state index in [0.717, 1.165) is 12.2 Å². The van der Waals surface area contributed by atoms with Gasteiger partial charge in [0.2, 0.25) is 0 Å². The molecule has 104 valence electrons. The maximum absolute atomic E-state index is 11.4. The quantitative estimate of drug-likeness (QED) is 0.764. The minimum absolute atomic E-state index is 0.147. The minimum Gasteiger partial charge on any atom is -0.497 e. The molecule has 0 saturated heterocycles. The molecule has 1 aliphatic carbocycles. The fraction of sp³-hybridized carbons (Fsp3) is 0.533. The molecule has 0 radical (unpaired) electrons. The number of hydrogen-bond donors (Lipinski definition) is 1. The zero-order valence-electron chi connectivity index (χ0n) is 11.5. The second-order valence-corrected chi connectivity index (χ2v) is 4.97. The molecule has 1 aromatic carbocycles. The SMILES string of the molecule is COC(=O)CC(Cc1ccc(OC)cc1)NC1CC1. The van der Waals surface area contributed by atoms with Gasteiger partial charge in [-0.15, -0.1) is 0 Å². The summed E-state index contributed by atoms with van der Waals surface area (Å²) in [5.74, 6) is 0.690. The average Bonchev–Trinajstić information content (AvgIpc) is 3.23. The number of hydrogen-bond acceptors (Lipinski definition) is 4.